The van der Waals surface area contributed by atoms with Gasteiger partial charge >= 0.3 is 0 Å². The summed E-state index contributed by atoms with van der Waals surface area (Å²) >= 11 is 4.83. The Kier molecular flexibility index (Phi) is 3.74. The van der Waals surface area contributed by atoms with Crippen molar-refractivity contribution in [2.75, 3.05) is 0 Å². The number of carbonyl (C=O) groups is 1. The van der Waals surface area contributed by atoms with E-state index in [0.29, 0.717) is 5.56 Å². The maximum atomic E-state index is 13.7. The maximum Gasteiger partial charge on any atom is 0.171 e. The first-order chi connectivity index (χ1) is 8.08. The van der Waals surface area contributed by atoms with Crippen LogP contribution in [-0.4, -0.2) is 5.78 Å². The molecule has 2 rings (SSSR count). The van der Waals surface area contributed by atoms with Gasteiger partial charge in [0, 0.05) is 11.3 Å². The van der Waals surface area contributed by atoms with Crippen molar-refractivity contribution in [1.82, 2.24) is 0 Å². The lowest BCUT2D eigenvalue weighted by molar-refractivity contribution is 0.0990. The zero-order chi connectivity index (χ0) is 12.4. The van der Waals surface area contributed by atoms with Crippen LogP contribution in [0.2, 0.25) is 0 Å². The largest absolute Gasteiger partial charge is 0.294 e. The van der Waals surface area contributed by atoms with Gasteiger partial charge in [0.1, 0.15) is 5.82 Å². The van der Waals surface area contributed by atoms with E-state index >= 15 is 0 Å². The van der Waals surface area contributed by atoms with Gasteiger partial charge in [-0.15, -0.1) is 11.3 Å². The summed E-state index contributed by atoms with van der Waals surface area (Å²) in [7, 11) is 0. The van der Waals surface area contributed by atoms with Gasteiger partial charge in [0.2, 0.25) is 0 Å². The molecule has 1 heterocycles. The number of carbonyl (C=O) groups excluding carboxylic acids is 1. The number of Topliss-reactive ketones (excluding diaryl/α,β-unsaturated/α-hetero) is 1. The number of ketones is 1. The quantitative estimate of drug-likeness (QED) is 0.768. The third-order valence-electron chi connectivity index (χ3n) is 2.46. The molecule has 17 heavy (non-hydrogen) atoms. The van der Waals surface area contributed by atoms with Gasteiger partial charge in [-0.25, -0.2) is 4.39 Å². The minimum absolute atomic E-state index is 0.175. The Morgan fingerprint density at radius 2 is 2.12 bits per heavy atom. The average molecular weight is 313 g/mol. The van der Waals surface area contributed by atoms with E-state index in [0.717, 1.165) is 8.66 Å². The van der Waals surface area contributed by atoms with Gasteiger partial charge in [-0.05, 0) is 46.6 Å². The zero-order valence-electron chi connectivity index (χ0n) is 9.17. The molecule has 0 amide bonds. The van der Waals surface area contributed by atoms with E-state index in [2.05, 4.69) is 15.9 Å². The van der Waals surface area contributed by atoms with Crippen LogP contribution >= 0.6 is 27.3 Å². The van der Waals surface area contributed by atoms with Crippen molar-refractivity contribution in [3.05, 3.63) is 55.9 Å². The molecule has 0 aliphatic carbocycles. The van der Waals surface area contributed by atoms with E-state index in [1.807, 2.05) is 12.1 Å². The Labute approximate surface area is 111 Å². The highest BCUT2D eigenvalue weighted by atomic mass is 79.9. The summed E-state index contributed by atoms with van der Waals surface area (Å²) in [5.41, 5.74) is 0.678. The summed E-state index contributed by atoms with van der Waals surface area (Å²) in [6.07, 6.45) is 0.247. The molecule has 0 fully saturated rings. The van der Waals surface area contributed by atoms with E-state index < -0.39 is 5.82 Å². The molecular formula is C13H10BrFOS. The standard InChI is InChI=1S/C13H10BrFOS/c1-8-3-2-4-10(13(8)15)11(16)7-9-5-6-12(14)17-9/h2-6H,7H2,1H3. The van der Waals surface area contributed by atoms with Gasteiger partial charge < -0.3 is 0 Å². The number of aryl methyl sites for hydroxylation is 1. The van der Waals surface area contributed by atoms with E-state index in [-0.39, 0.29) is 17.8 Å². The lowest BCUT2D eigenvalue weighted by Gasteiger charge is -2.03. The average Bonchev–Trinajstić information content (AvgIpc) is 2.68. The molecule has 0 aliphatic rings. The van der Waals surface area contributed by atoms with Crippen molar-refractivity contribution in [3.63, 3.8) is 0 Å². The third-order valence-corrected chi connectivity index (χ3v) is 4.08. The van der Waals surface area contributed by atoms with Crippen LogP contribution in [0.1, 0.15) is 20.8 Å². The number of thiophene rings is 1. The second-order valence-electron chi connectivity index (χ2n) is 3.74. The van der Waals surface area contributed by atoms with E-state index in [1.165, 1.54) is 17.4 Å². The van der Waals surface area contributed by atoms with Crippen molar-refractivity contribution in [3.8, 4) is 0 Å². The lowest BCUT2D eigenvalue weighted by atomic mass is 10.0. The summed E-state index contributed by atoms with van der Waals surface area (Å²) < 4.78 is 14.7. The number of halogens is 2. The SMILES string of the molecule is Cc1cccc(C(=O)Cc2ccc(Br)s2)c1F. The third kappa shape index (κ3) is 2.82. The molecule has 88 valence electrons. The monoisotopic (exact) mass is 312 g/mol. The van der Waals surface area contributed by atoms with E-state index in [9.17, 15) is 9.18 Å². The highest BCUT2D eigenvalue weighted by Crippen LogP contribution is 2.24. The van der Waals surface area contributed by atoms with Crippen LogP contribution in [-0.2, 0) is 6.42 Å². The first kappa shape index (κ1) is 12.5. The van der Waals surface area contributed by atoms with Crippen LogP contribution in [0.3, 0.4) is 0 Å². The molecule has 0 N–H and O–H groups in total. The molecule has 0 unspecified atom stereocenters. The lowest BCUT2D eigenvalue weighted by Crippen LogP contribution is -2.06. The zero-order valence-corrected chi connectivity index (χ0v) is 11.6. The van der Waals surface area contributed by atoms with Crippen molar-refractivity contribution >= 4 is 33.0 Å². The topological polar surface area (TPSA) is 17.1 Å². The highest BCUT2D eigenvalue weighted by Gasteiger charge is 2.14. The minimum Gasteiger partial charge on any atom is -0.294 e. The van der Waals surface area contributed by atoms with Crippen LogP contribution in [0.5, 0.6) is 0 Å². The molecule has 1 aromatic heterocycles. The molecule has 0 radical (unpaired) electrons. The van der Waals surface area contributed by atoms with Gasteiger partial charge in [0.05, 0.1) is 9.35 Å². The molecule has 0 bridgehead atoms. The molecular weight excluding hydrogens is 303 g/mol. The van der Waals surface area contributed by atoms with E-state index in [1.54, 1.807) is 19.1 Å². The van der Waals surface area contributed by atoms with Crippen molar-refractivity contribution in [1.29, 1.82) is 0 Å². The smallest absolute Gasteiger partial charge is 0.171 e. The Morgan fingerprint density at radius 3 is 2.76 bits per heavy atom. The second kappa shape index (κ2) is 5.10. The fourth-order valence-corrected chi connectivity index (χ4v) is 3.04. The fourth-order valence-electron chi connectivity index (χ4n) is 1.56. The molecule has 1 aromatic carbocycles. The van der Waals surface area contributed by atoms with Crippen LogP contribution < -0.4 is 0 Å². The Morgan fingerprint density at radius 1 is 1.35 bits per heavy atom. The van der Waals surface area contributed by atoms with Crippen LogP contribution in [0.4, 0.5) is 4.39 Å². The van der Waals surface area contributed by atoms with Crippen molar-refractivity contribution < 1.29 is 9.18 Å². The fraction of sp³-hybridized carbons (Fsp3) is 0.154. The van der Waals surface area contributed by atoms with Gasteiger partial charge in [0.15, 0.2) is 5.78 Å². The molecule has 1 nitrogen and oxygen atoms in total. The number of benzene rings is 1. The highest BCUT2D eigenvalue weighted by molar-refractivity contribution is 9.11. The second-order valence-corrected chi connectivity index (χ2v) is 6.29. The summed E-state index contributed by atoms with van der Waals surface area (Å²) in [6, 6.07) is 8.66. The Bertz CT molecular complexity index is 562. The number of rotatable bonds is 3. The molecule has 4 heteroatoms. The molecule has 0 spiro atoms. The summed E-state index contributed by atoms with van der Waals surface area (Å²) in [5, 5.41) is 0. The first-order valence-electron chi connectivity index (χ1n) is 5.10. The van der Waals surface area contributed by atoms with Gasteiger partial charge in [-0.2, -0.15) is 0 Å². The number of hydrogen-bond acceptors (Lipinski definition) is 2. The molecule has 2 aromatic rings. The Balaban J connectivity index is 2.23. The predicted octanol–water partition coefficient (Wildman–Crippen LogP) is 4.38. The Hall–Kier alpha value is -1.000. The summed E-state index contributed by atoms with van der Waals surface area (Å²) in [5.74, 6) is -0.589. The van der Waals surface area contributed by atoms with Crippen molar-refractivity contribution in [2.24, 2.45) is 0 Å². The van der Waals surface area contributed by atoms with Crippen LogP contribution in [0, 0.1) is 12.7 Å². The molecule has 0 saturated carbocycles. The molecule has 0 saturated heterocycles. The van der Waals surface area contributed by atoms with Gasteiger partial charge in [-0.1, -0.05) is 12.1 Å². The predicted molar refractivity (Wildman–Crippen MR) is 71.2 cm³/mol. The normalized spacial score (nSPS) is 10.5. The number of hydrogen-bond donors (Lipinski definition) is 0. The van der Waals surface area contributed by atoms with Crippen LogP contribution in [0.15, 0.2) is 34.1 Å². The van der Waals surface area contributed by atoms with Crippen LogP contribution in [0.25, 0.3) is 0 Å². The first-order valence-corrected chi connectivity index (χ1v) is 6.71. The van der Waals surface area contributed by atoms with Crippen molar-refractivity contribution in [2.45, 2.75) is 13.3 Å². The maximum absolute atomic E-state index is 13.7. The summed E-state index contributed by atoms with van der Waals surface area (Å²) in [4.78, 5) is 12.9. The molecule has 0 atom stereocenters. The summed E-state index contributed by atoms with van der Waals surface area (Å²) in [6.45, 7) is 1.66. The minimum atomic E-state index is -0.409. The van der Waals surface area contributed by atoms with Gasteiger partial charge in [-0.3, -0.25) is 4.79 Å². The molecule has 0 aliphatic heterocycles. The van der Waals surface area contributed by atoms with E-state index in [4.69, 9.17) is 0 Å². The van der Waals surface area contributed by atoms with Gasteiger partial charge in [0.25, 0.3) is 0 Å².